The first-order chi connectivity index (χ1) is 8.56. The normalized spacial score (nSPS) is 24.2. The van der Waals surface area contributed by atoms with Crippen LogP contribution in [0.3, 0.4) is 0 Å². The molecule has 1 fully saturated rings. The van der Waals surface area contributed by atoms with Gasteiger partial charge in [-0.2, -0.15) is 0 Å². The molecule has 0 saturated heterocycles. The van der Waals surface area contributed by atoms with E-state index in [1.54, 1.807) is 12.1 Å². The Kier molecular flexibility index (Phi) is 4.73. The summed E-state index contributed by atoms with van der Waals surface area (Å²) in [5, 5.41) is 14.1. The van der Waals surface area contributed by atoms with Gasteiger partial charge in [0.25, 0.3) is 0 Å². The second-order valence-electron chi connectivity index (χ2n) is 4.89. The van der Waals surface area contributed by atoms with Gasteiger partial charge in [-0.3, -0.25) is 0 Å². The lowest BCUT2D eigenvalue weighted by Crippen LogP contribution is -2.37. The van der Waals surface area contributed by atoms with E-state index >= 15 is 0 Å². The summed E-state index contributed by atoms with van der Waals surface area (Å²) < 4.78 is 0. The van der Waals surface area contributed by atoms with Crippen molar-refractivity contribution >= 4 is 23.2 Å². The Hall–Kier alpha value is -0.480. The van der Waals surface area contributed by atoms with Gasteiger partial charge in [0, 0.05) is 29.2 Å². The van der Waals surface area contributed by atoms with Gasteiger partial charge in [-0.1, -0.05) is 23.2 Å². The first-order valence-electron chi connectivity index (χ1n) is 6.22. The number of hydrogen-bond acceptors (Lipinski definition) is 3. The second kappa shape index (κ2) is 6.11. The van der Waals surface area contributed by atoms with Crippen molar-refractivity contribution in [1.29, 1.82) is 0 Å². The van der Waals surface area contributed by atoms with Crippen molar-refractivity contribution in [3.8, 4) is 5.75 Å². The van der Waals surface area contributed by atoms with Crippen LogP contribution in [-0.4, -0.2) is 17.2 Å². The largest absolute Gasteiger partial charge is 0.506 e. The summed E-state index contributed by atoms with van der Waals surface area (Å²) in [6.07, 6.45) is 4.27. The zero-order chi connectivity index (χ0) is 13.1. The van der Waals surface area contributed by atoms with Crippen molar-refractivity contribution < 1.29 is 5.11 Å². The zero-order valence-corrected chi connectivity index (χ0v) is 11.6. The number of halogens is 2. The van der Waals surface area contributed by atoms with Gasteiger partial charge in [-0.05, 0) is 37.8 Å². The third-order valence-electron chi connectivity index (χ3n) is 3.46. The fourth-order valence-electron chi connectivity index (χ4n) is 2.33. The van der Waals surface area contributed by atoms with E-state index in [0.717, 1.165) is 31.2 Å². The monoisotopic (exact) mass is 288 g/mol. The lowest BCUT2D eigenvalue weighted by atomic mass is 9.92. The van der Waals surface area contributed by atoms with Gasteiger partial charge in [-0.15, -0.1) is 0 Å². The summed E-state index contributed by atoms with van der Waals surface area (Å²) in [4.78, 5) is 0. The summed E-state index contributed by atoms with van der Waals surface area (Å²) in [6, 6.07) is 4.09. The molecule has 0 spiro atoms. The van der Waals surface area contributed by atoms with Gasteiger partial charge in [-0.25, -0.2) is 0 Å². The molecule has 5 heteroatoms. The first-order valence-corrected chi connectivity index (χ1v) is 6.97. The first kappa shape index (κ1) is 13.9. The average Bonchev–Trinajstić information content (AvgIpc) is 2.34. The van der Waals surface area contributed by atoms with E-state index in [1.807, 2.05) is 0 Å². The van der Waals surface area contributed by atoms with E-state index in [9.17, 15) is 5.11 Å². The number of phenolic OH excluding ortho intramolecular Hbond substituents is 1. The molecular weight excluding hydrogens is 271 g/mol. The number of nitrogens with two attached hydrogens (primary N) is 1. The van der Waals surface area contributed by atoms with Crippen LogP contribution in [0.1, 0.15) is 31.2 Å². The number of benzene rings is 1. The number of phenols is 1. The molecule has 0 amide bonds. The maximum Gasteiger partial charge on any atom is 0.138 e. The highest BCUT2D eigenvalue weighted by Crippen LogP contribution is 2.31. The maximum absolute atomic E-state index is 9.84. The smallest absolute Gasteiger partial charge is 0.138 e. The standard InChI is InChI=1S/C13H18Cl2N2O/c14-9-5-8(13(18)12(15)6-9)7-17-11-3-1-10(16)2-4-11/h5-6,10-11,17-18H,1-4,7,16H2. The SMILES string of the molecule is NC1CCC(NCc2cc(Cl)cc(Cl)c2O)CC1. The molecule has 1 aromatic carbocycles. The topological polar surface area (TPSA) is 58.3 Å². The lowest BCUT2D eigenvalue weighted by molar-refractivity contribution is 0.340. The molecule has 3 nitrogen and oxygen atoms in total. The average molecular weight is 289 g/mol. The Morgan fingerprint density at radius 2 is 1.89 bits per heavy atom. The minimum absolute atomic E-state index is 0.112. The fourth-order valence-corrected chi connectivity index (χ4v) is 2.87. The van der Waals surface area contributed by atoms with Crippen LogP contribution in [0, 0.1) is 0 Å². The Morgan fingerprint density at radius 3 is 2.56 bits per heavy atom. The van der Waals surface area contributed by atoms with E-state index in [0.29, 0.717) is 28.7 Å². The Morgan fingerprint density at radius 1 is 1.22 bits per heavy atom. The van der Waals surface area contributed by atoms with E-state index in [4.69, 9.17) is 28.9 Å². The minimum Gasteiger partial charge on any atom is -0.506 e. The highest BCUT2D eigenvalue weighted by atomic mass is 35.5. The summed E-state index contributed by atoms with van der Waals surface area (Å²) >= 11 is 11.8. The van der Waals surface area contributed by atoms with Gasteiger partial charge in [0.05, 0.1) is 5.02 Å². The quantitative estimate of drug-likeness (QED) is 0.801. The van der Waals surface area contributed by atoms with Gasteiger partial charge < -0.3 is 16.2 Å². The van der Waals surface area contributed by atoms with E-state index < -0.39 is 0 Å². The number of nitrogens with one attached hydrogen (secondary N) is 1. The molecule has 0 atom stereocenters. The van der Waals surface area contributed by atoms with Crippen LogP contribution in [0.15, 0.2) is 12.1 Å². The van der Waals surface area contributed by atoms with Crippen LogP contribution in [0.2, 0.25) is 10.0 Å². The maximum atomic E-state index is 9.84. The molecule has 0 unspecified atom stereocenters. The predicted molar refractivity (Wildman–Crippen MR) is 75.2 cm³/mol. The molecule has 2 rings (SSSR count). The Bertz CT molecular complexity index is 418. The highest BCUT2D eigenvalue weighted by molar-refractivity contribution is 6.35. The van der Waals surface area contributed by atoms with Crippen molar-refractivity contribution in [3.05, 3.63) is 27.7 Å². The van der Waals surface area contributed by atoms with Crippen LogP contribution in [0.5, 0.6) is 5.75 Å². The van der Waals surface area contributed by atoms with Crippen molar-refractivity contribution in [1.82, 2.24) is 5.32 Å². The molecule has 1 aliphatic rings. The van der Waals surface area contributed by atoms with Gasteiger partial charge in [0.15, 0.2) is 0 Å². The van der Waals surface area contributed by atoms with Crippen molar-refractivity contribution in [2.75, 3.05) is 0 Å². The van der Waals surface area contributed by atoms with Crippen molar-refractivity contribution in [3.63, 3.8) is 0 Å². The molecule has 0 bridgehead atoms. The van der Waals surface area contributed by atoms with E-state index in [2.05, 4.69) is 5.32 Å². The van der Waals surface area contributed by atoms with Gasteiger partial charge in [0.2, 0.25) is 0 Å². The second-order valence-corrected chi connectivity index (χ2v) is 5.73. The fraction of sp³-hybridized carbons (Fsp3) is 0.538. The minimum atomic E-state index is 0.112. The van der Waals surface area contributed by atoms with Crippen LogP contribution >= 0.6 is 23.2 Å². The molecule has 0 radical (unpaired) electrons. The van der Waals surface area contributed by atoms with Crippen molar-refractivity contribution in [2.24, 2.45) is 5.73 Å². The number of hydrogen-bond donors (Lipinski definition) is 3. The van der Waals surface area contributed by atoms with Crippen LogP contribution in [0.25, 0.3) is 0 Å². The van der Waals surface area contributed by atoms with Crippen molar-refractivity contribution in [2.45, 2.75) is 44.3 Å². The van der Waals surface area contributed by atoms with Gasteiger partial charge >= 0.3 is 0 Å². The van der Waals surface area contributed by atoms with Crippen LogP contribution in [0.4, 0.5) is 0 Å². The van der Waals surface area contributed by atoms with Gasteiger partial charge in [0.1, 0.15) is 5.75 Å². The molecule has 4 N–H and O–H groups in total. The molecule has 1 aliphatic carbocycles. The van der Waals surface area contributed by atoms with E-state index in [-0.39, 0.29) is 5.75 Å². The highest BCUT2D eigenvalue weighted by Gasteiger charge is 2.18. The molecule has 0 heterocycles. The van der Waals surface area contributed by atoms with Crippen LogP contribution < -0.4 is 11.1 Å². The third-order valence-corrected chi connectivity index (χ3v) is 3.97. The number of rotatable bonds is 3. The molecule has 0 aliphatic heterocycles. The zero-order valence-electron chi connectivity index (χ0n) is 10.1. The summed E-state index contributed by atoms with van der Waals surface area (Å²) in [5.74, 6) is 0.112. The summed E-state index contributed by atoms with van der Waals surface area (Å²) in [7, 11) is 0. The molecular formula is C13H18Cl2N2O. The Labute approximate surface area is 117 Å². The molecule has 18 heavy (non-hydrogen) atoms. The summed E-state index contributed by atoms with van der Waals surface area (Å²) in [6.45, 7) is 0.575. The third kappa shape index (κ3) is 3.51. The van der Waals surface area contributed by atoms with Crippen LogP contribution in [-0.2, 0) is 6.54 Å². The molecule has 100 valence electrons. The molecule has 1 aromatic rings. The Balaban J connectivity index is 1.94. The molecule has 0 aromatic heterocycles. The molecule has 1 saturated carbocycles. The number of aromatic hydroxyl groups is 1. The predicted octanol–water partition coefficient (Wildman–Crippen LogP) is 3.06. The summed E-state index contributed by atoms with van der Waals surface area (Å²) in [5.41, 5.74) is 6.60. The van der Waals surface area contributed by atoms with E-state index in [1.165, 1.54) is 0 Å². The lowest BCUT2D eigenvalue weighted by Gasteiger charge is -2.27.